The van der Waals surface area contributed by atoms with Crippen LogP contribution in [0.2, 0.25) is 0 Å². The smallest absolute Gasteiger partial charge is 0.419 e. The lowest BCUT2D eigenvalue weighted by Gasteiger charge is -2.12. The summed E-state index contributed by atoms with van der Waals surface area (Å²) in [5.74, 6) is -2.93. The molecule has 19 heavy (non-hydrogen) atoms. The molecule has 0 saturated carbocycles. The third-order valence-corrected chi connectivity index (χ3v) is 2.45. The van der Waals surface area contributed by atoms with Crippen molar-refractivity contribution in [3.63, 3.8) is 0 Å². The summed E-state index contributed by atoms with van der Waals surface area (Å²) >= 11 is 2.80. The number of aliphatic carboxylic acids is 1. The zero-order chi connectivity index (χ0) is 14.8. The van der Waals surface area contributed by atoms with E-state index in [0.29, 0.717) is 6.07 Å². The number of rotatable bonds is 3. The van der Waals surface area contributed by atoms with E-state index in [1.54, 1.807) is 0 Å². The minimum absolute atomic E-state index is 0.0214. The van der Waals surface area contributed by atoms with Gasteiger partial charge in [0.2, 0.25) is 0 Å². The first kappa shape index (κ1) is 15.4. The Bertz CT molecular complexity index is 543. The Hall–Kier alpha value is -1.64. The van der Waals surface area contributed by atoms with E-state index in [-0.39, 0.29) is 4.47 Å². The highest BCUT2D eigenvalue weighted by Crippen LogP contribution is 2.36. The summed E-state index contributed by atoms with van der Waals surface area (Å²) < 4.78 is 51.1. The van der Waals surface area contributed by atoms with Gasteiger partial charge in [0, 0.05) is 4.47 Å². The normalized spacial score (nSPS) is 12.4. The summed E-state index contributed by atoms with van der Waals surface area (Å²) in [4.78, 5) is 10.4. The van der Waals surface area contributed by atoms with Crippen LogP contribution >= 0.6 is 15.9 Å². The molecule has 1 aromatic rings. The predicted molar refractivity (Wildman–Crippen MR) is 63.5 cm³/mol. The number of carboxylic acid groups (broad SMARTS) is 1. The van der Waals surface area contributed by atoms with Crippen LogP contribution in [-0.2, 0) is 11.0 Å². The van der Waals surface area contributed by atoms with Crippen molar-refractivity contribution in [2.24, 2.45) is 5.10 Å². The molecule has 1 rings (SSSR count). The molecule has 0 aliphatic rings. The van der Waals surface area contributed by atoms with Crippen LogP contribution in [0.1, 0.15) is 12.5 Å². The monoisotopic (exact) mass is 342 g/mol. The van der Waals surface area contributed by atoms with Crippen molar-refractivity contribution in [2.45, 2.75) is 13.1 Å². The summed E-state index contributed by atoms with van der Waals surface area (Å²) in [5.41, 5.74) is -0.534. The van der Waals surface area contributed by atoms with E-state index in [1.807, 2.05) is 5.43 Å². The van der Waals surface area contributed by atoms with Crippen LogP contribution in [0.15, 0.2) is 21.7 Å². The van der Waals surface area contributed by atoms with E-state index < -0.39 is 34.9 Å². The Morgan fingerprint density at radius 1 is 1.42 bits per heavy atom. The summed E-state index contributed by atoms with van der Waals surface area (Å²) in [6.07, 6.45) is -4.87. The molecular weight excluding hydrogens is 336 g/mol. The number of hydrazone groups is 1. The molecule has 0 radical (unpaired) electrons. The van der Waals surface area contributed by atoms with Gasteiger partial charge in [-0.3, -0.25) is 5.43 Å². The van der Waals surface area contributed by atoms with Crippen LogP contribution in [0.4, 0.5) is 23.2 Å². The second kappa shape index (κ2) is 5.55. The molecule has 0 aliphatic carbocycles. The minimum atomic E-state index is -4.87. The number of nitrogens with one attached hydrogen (secondary N) is 1. The predicted octanol–water partition coefficient (Wildman–Crippen LogP) is 3.48. The van der Waals surface area contributed by atoms with Crippen molar-refractivity contribution < 1.29 is 27.5 Å². The van der Waals surface area contributed by atoms with Gasteiger partial charge in [0.25, 0.3) is 0 Å². The fourth-order valence-electron chi connectivity index (χ4n) is 1.07. The second-order valence-electron chi connectivity index (χ2n) is 3.43. The van der Waals surface area contributed by atoms with Gasteiger partial charge in [0.1, 0.15) is 5.71 Å². The molecule has 2 N–H and O–H groups in total. The lowest BCUT2D eigenvalue weighted by Crippen LogP contribution is -2.12. The SMILES string of the molecule is CC(=NNc1cc(Br)cc(C(F)(F)F)c1F)C(=O)O. The van der Waals surface area contributed by atoms with Crippen LogP contribution in [0, 0.1) is 5.82 Å². The maximum Gasteiger partial charge on any atom is 0.419 e. The third-order valence-electron chi connectivity index (χ3n) is 2.00. The van der Waals surface area contributed by atoms with Gasteiger partial charge in [0.05, 0.1) is 11.3 Å². The molecular formula is C10H7BrF4N2O2. The first-order valence-electron chi connectivity index (χ1n) is 4.72. The maximum atomic E-state index is 13.6. The van der Waals surface area contributed by atoms with Gasteiger partial charge in [-0.2, -0.15) is 18.3 Å². The summed E-state index contributed by atoms with van der Waals surface area (Å²) in [6, 6.07) is 1.59. The zero-order valence-corrected chi connectivity index (χ0v) is 10.9. The van der Waals surface area contributed by atoms with Gasteiger partial charge in [0.15, 0.2) is 5.82 Å². The Labute approximate surface area is 113 Å². The lowest BCUT2D eigenvalue weighted by molar-refractivity contribution is -0.140. The number of benzene rings is 1. The largest absolute Gasteiger partial charge is 0.477 e. The molecule has 1 aromatic carbocycles. The summed E-state index contributed by atoms with van der Waals surface area (Å²) in [5, 5.41) is 11.8. The fraction of sp³-hybridized carbons (Fsp3) is 0.200. The van der Waals surface area contributed by atoms with E-state index in [0.717, 1.165) is 13.0 Å². The first-order chi connectivity index (χ1) is 8.62. The first-order valence-corrected chi connectivity index (χ1v) is 5.52. The quantitative estimate of drug-likeness (QED) is 0.502. The van der Waals surface area contributed by atoms with Crippen LogP contribution in [-0.4, -0.2) is 16.8 Å². The molecule has 0 aromatic heterocycles. The molecule has 0 fully saturated rings. The Morgan fingerprint density at radius 2 is 2.00 bits per heavy atom. The average Bonchev–Trinajstić information content (AvgIpc) is 2.27. The van der Waals surface area contributed by atoms with Crippen molar-refractivity contribution in [3.05, 3.63) is 28.0 Å². The number of carbonyl (C=O) groups is 1. The number of nitrogens with zero attached hydrogens (tertiary/aromatic N) is 1. The van der Waals surface area contributed by atoms with Gasteiger partial charge in [-0.05, 0) is 19.1 Å². The molecule has 0 saturated heterocycles. The molecule has 0 atom stereocenters. The molecule has 4 nitrogen and oxygen atoms in total. The van der Waals surface area contributed by atoms with Gasteiger partial charge in [-0.25, -0.2) is 9.18 Å². The molecule has 0 unspecified atom stereocenters. The third kappa shape index (κ3) is 3.91. The lowest BCUT2D eigenvalue weighted by atomic mass is 10.2. The number of hydrogen-bond donors (Lipinski definition) is 2. The standard InChI is InChI=1S/C10H7BrF4N2O2/c1-4(9(18)19)16-17-7-3-5(11)2-6(8(7)12)10(13,14)15/h2-3,17H,1H3,(H,18,19). The van der Waals surface area contributed by atoms with Crippen LogP contribution in [0.25, 0.3) is 0 Å². The fourth-order valence-corrected chi connectivity index (χ4v) is 1.53. The van der Waals surface area contributed by atoms with Crippen LogP contribution in [0.3, 0.4) is 0 Å². The Kier molecular flexibility index (Phi) is 4.51. The van der Waals surface area contributed by atoms with Crippen LogP contribution < -0.4 is 5.43 Å². The van der Waals surface area contributed by atoms with Gasteiger partial charge in [-0.1, -0.05) is 15.9 Å². The van der Waals surface area contributed by atoms with Crippen molar-refractivity contribution in [1.29, 1.82) is 0 Å². The Balaban J connectivity index is 3.20. The summed E-state index contributed by atoms with van der Waals surface area (Å²) in [7, 11) is 0. The van der Waals surface area contributed by atoms with E-state index >= 15 is 0 Å². The van der Waals surface area contributed by atoms with Gasteiger partial charge in [-0.15, -0.1) is 0 Å². The van der Waals surface area contributed by atoms with E-state index in [4.69, 9.17) is 5.11 Å². The number of halogens is 5. The molecule has 104 valence electrons. The van der Waals surface area contributed by atoms with Crippen LogP contribution in [0.5, 0.6) is 0 Å². The topological polar surface area (TPSA) is 61.7 Å². The molecule has 0 amide bonds. The van der Waals surface area contributed by atoms with E-state index in [1.165, 1.54) is 0 Å². The highest BCUT2D eigenvalue weighted by atomic mass is 79.9. The van der Waals surface area contributed by atoms with E-state index in [2.05, 4.69) is 21.0 Å². The minimum Gasteiger partial charge on any atom is -0.477 e. The van der Waals surface area contributed by atoms with E-state index in [9.17, 15) is 22.4 Å². The molecule has 9 heteroatoms. The molecule has 0 aliphatic heterocycles. The summed E-state index contributed by atoms with van der Waals surface area (Å²) in [6.45, 7) is 1.11. The molecule has 0 bridgehead atoms. The zero-order valence-electron chi connectivity index (χ0n) is 9.35. The second-order valence-corrected chi connectivity index (χ2v) is 4.34. The molecule has 0 spiro atoms. The molecule has 0 heterocycles. The number of carboxylic acids is 1. The maximum absolute atomic E-state index is 13.6. The Morgan fingerprint density at radius 3 is 2.47 bits per heavy atom. The van der Waals surface area contributed by atoms with Crippen molar-refractivity contribution >= 4 is 33.3 Å². The highest BCUT2D eigenvalue weighted by Gasteiger charge is 2.35. The number of alkyl halides is 3. The number of anilines is 1. The average molecular weight is 343 g/mol. The van der Waals surface area contributed by atoms with Gasteiger partial charge >= 0.3 is 12.1 Å². The van der Waals surface area contributed by atoms with Crippen molar-refractivity contribution in [3.8, 4) is 0 Å². The van der Waals surface area contributed by atoms with Gasteiger partial charge < -0.3 is 5.11 Å². The highest BCUT2D eigenvalue weighted by molar-refractivity contribution is 9.10. The van der Waals surface area contributed by atoms with Crippen molar-refractivity contribution in [2.75, 3.05) is 5.43 Å². The van der Waals surface area contributed by atoms with Crippen molar-refractivity contribution in [1.82, 2.24) is 0 Å². The number of hydrogen-bond acceptors (Lipinski definition) is 3.